The van der Waals surface area contributed by atoms with Crippen LogP contribution in [0.25, 0.3) is 10.9 Å². The lowest BCUT2D eigenvalue weighted by molar-refractivity contribution is -0.132. The number of likely N-dealkylation sites (tertiary alicyclic amines) is 1. The minimum Gasteiger partial charge on any atom is -0.357 e. The van der Waals surface area contributed by atoms with E-state index < -0.39 is 0 Å². The molecule has 1 aromatic carbocycles. The van der Waals surface area contributed by atoms with E-state index in [4.69, 9.17) is 0 Å². The molecule has 1 saturated carbocycles. The van der Waals surface area contributed by atoms with Gasteiger partial charge in [-0.3, -0.25) is 14.5 Å². The molecule has 2 fully saturated rings. The SMILES string of the molecule is CN(Cc1cc2cc(F)ccc2[nH]1)C(=O)C[C@H]1CC[C@@H](CNC(=O)C2CCC2)N1C. The zero-order valence-electron chi connectivity index (χ0n) is 17.8. The molecule has 2 aliphatic rings. The lowest BCUT2D eigenvalue weighted by Crippen LogP contribution is -2.44. The molecule has 0 unspecified atom stereocenters. The van der Waals surface area contributed by atoms with Crippen molar-refractivity contribution in [2.24, 2.45) is 5.92 Å². The number of carbonyl (C=O) groups is 2. The first-order valence-electron chi connectivity index (χ1n) is 10.9. The van der Waals surface area contributed by atoms with Crippen LogP contribution in [0.1, 0.15) is 44.2 Å². The molecule has 2 heterocycles. The molecule has 1 aliphatic heterocycles. The summed E-state index contributed by atoms with van der Waals surface area (Å²) in [6.45, 7) is 1.13. The highest BCUT2D eigenvalue weighted by molar-refractivity contribution is 5.81. The maximum atomic E-state index is 13.4. The molecule has 0 bridgehead atoms. The third kappa shape index (κ3) is 4.51. The van der Waals surface area contributed by atoms with E-state index in [0.29, 0.717) is 25.6 Å². The number of nitrogens with one attached hydrogen (secondary N) is 2. The lowest BCUT2D eigenvalue weighted by atomic mass is 9.85. The average Bonchev–Trinajstić information content (AvgIpc) is 3.21. The minimum absolute atomic E-state index is 0.0934. The van der Waals surface area contributed by atoms with Crippen LogP contribution >= 0.6 is 0 Å². The number of aromatic amines is 1. The summed E-state index contributed by atoms with van der Waals surface area (Å²) in [6.07, 6.45) is 5.62. The Labute approximate surface area is 176 Å². The van der Waals surface area contributed by atoms with E-state index in [1.54, 1.807) is 18.0 Å². The minimum atomic E-state index is -0.264. The second kappa shape index (κ2) is 8.76. The van der Waals surface area contributed by atoms with Gasteiger partial charge in [0, 0.05) is 54.6 Å². The van der Waals surface area contributed by atoms with Crippen molar-refractivity contribution in [3.63, 3.8) is 0 Å². The van der Waals surface area contributed by atoms with Crippen molar-refractivity contribution in [1.82, 2.24) is 20.1 Å². The molecular weight excluding hydrogens is 383 g/mol. The first-order chi connectivity index (χ1) is 14.4. The zero-order chi connectivity index (χ0) is 21.3. The van der Waals surface area contributed by atoms with Gasteiger partial charge < -0.3 is 15.2 Å². The fourth-order valence-electron chi connectivity index (χ4n) is 4.57. The summed E-state index contributed by atoms with van der Waals surface area (Å²) in [5, 5.41) is 3.91. The number of likely N-dealkylation sites (N-methyl/N-ethyl adjacent to an activating group) is 1. The smallest absolute Gasteiger partial charge is 0.224 e. The van der Waals surface area contributed by atoms with E-state index in [9.17, 15) is 14.0 Å². The van der Waals surface area contributed by atoms with Crippen molar-refractivity contribution >= 4 is 22.7 Å². The second-order valence-electron chi connectivity index (χ2n) is 8.90. The standard InChI is InChI=1S/C23H31FN4O2/c1-27(14-18-11-16-10-17(24)6-9-21(16)26-18)22(29)12-19-7-8-20(28(19)2)13-25-23(30)15-4-3-5-15/h6,9-11,15,19-20,26H,3-5,7-8,12-14H2,1-2H3,(H,25,30)/t19-,20+/m1/s1. The van der Waals surface area contributed by atoms with Crippen LogP contribution in [0.3, 0.4) is 0 Å². The molecule has 2 amide bonds. The third-order valence-electron chi connectivity index (χ3n) is 6.86. The third-order valence-corrected chi connectivity index (χ3v) is 6.86. The highest BCUT2D eigenvalue weighted by atomic mass is 19.1. The normalized spacial score (nSPS) is 22.2. The van der Waals surface area contributed by atoms with E-state index in [1.165, 1.54) is 12.1 Å². The van der Waals surface area contributed by atoms with Gasteiger partial charge in [-0.1, -0.05) is 6.42 Å². The van der Waals surface area contributed by atoms with Crippen LogP contribution in [0.15, 0.2) is 24.3 Å². The van der Waals surface area contributed by atoms with Gasteiger partial charge in [0.2, 0.25) is 11.8 Å². The number of hydrogen-bond donors (Lipinski definition) is 2. The predicted octanol–water partition coefficient (Wildman–Crippen LogP) is 3.03. The van der Waals surface area contributed by atoms with Gasteiger partial charge in [0.05, 0.1) is 6.54 Å². The molecule has 2 atom stereocenters. The summed E-state index contributed by atoms with van der Waals surface area (Å²) in [6, 6.07) is 7.02. The first-order valence-corrected chi connectivity index (χ1v) is 10.9. The van der Waals surface area contributed by atoms with Crippen molar-refractivity contribution in [3.8, 4) is 0 Å². The van der Waals surface area contributed by atoms with Gasteiger partial charge in [-0.05, 0) is 57.0 Å². The van der Waals surface area contributed by atoms with Crippen LogP contribution < -0.4 is 5.32 Å². The maximum absolute atomic E-state index is 13.4. The molecule has 1 saturated heterocycles. The number of benzene rings is 1. The summed E-state index contributed by atoms with van der Waals surface area (Å²) in [5.41, 5.74) is 1.76. The van der Waals surface area contributed by atoms with Gasteiger partial charge >= 0.3 is 0 Å². The van der Waals surface area contributed by atoms with Crippen LogP contribution in [0.5, 0.6) is 0 Å². The van der Waals surface area contributed by atoms with Crippen molar-refractivity contribution < 1.29 is 14.0 Å². The molecule has 7 heteroatoms. The molecule has 162 valence electrons. The van der Waals surface area contributed by atoms with Crippen molar-refractivity contribution in [2.45, 2.75) is 57.2 Å². The molecule has 1 aromatic heterocycles. The fraction of sp³-hybridized carbons (Fsp3) is 0.565. The second-order valence-corrected chi connectivity index (χ2v) is 8.90. The zero-order valence-corrected chi connectivity index (χ0v) is 17.8. The van der Waals surface area contributed by atoms with E-state index in [-0.39, 0.29) is 29.6 Å². The summed E-state index contributed by atoms with van der Waals surface area (Å²) < 4.78 is 13.4. The van der Waals surface area contributed by atoms with Crippen LogP contribution in [-0.2, 0) is 16.1 Å². The number of fused-ring (bicyclic) bond motifs is 1. The van der Waals surface area contributed by atoms with Gasteiger partial charge in [0.15, 0.2) is 0 Å². The molecule has 2 aromatic rings. The highest BCUT2D eigenvalue weighted by Crippen LogP contribution is 2.28. The van der Waals surface area contributed by atoms with Crippen molar-refractivity contribution in [2.75, 3.05) is 20.6 Å². The van der Waals surface area contributed by atoms with Crippen LogP contribution in [-0.4, -0.2) is 59.3 Å². The van der Waals surface area contributed by atoms with Crippen LogP contribution in [0, 0.1) is 11.7 Å². The molecular formula is C23H31FN4O2. The molecule has 4 rings (SSSR count). The Kier molecular flexibility index (Phi) is 6.09. The van der Waals surface area contributed by atoms with Crippen molar-refractivity contribution in [3.05, 3.63) is 35.8 Å². The molecule has 2 N–H and O–H groups in total. The van der Waals surface area contributed by atoms with Gasteiger partial charge in [-0.2, -0.15) is 0 Å². The molecule has 0 spiro atoms. The first kappa shape index (κ1) is 20.8. The predicted molar refractivity (Wildman–Crippen MR) is 114 cm³/mol. The Bertz CT molecular complexity index is 923. The highest BCUT2D eigenvalue weighted by Gasteiger charge is 2.33. The Hall–Kier alpha value is -2.41. The van der Waals surface area contributed by atoms with Gasteiger partial charge in [0.1, 0.15) is 5.82 Å². The number of carbonyl (C=O) groups excluding carboxylic acids is 2. The summed E-state index contributed by atoms with van der Waals surface area (Å²) in [5.74, 6) is 0.229. The monoisotopic (exact) mass is 414 g/mol. The Morgan fingerprint density at radius 1 is 1.20 bits per heavy atom. The number of H-pyrrole nitrogens is 1. The number of halogens is 1. The van der Waals surface area contributed by atoms with Gasteiger partial charge in [-0.25, -0.2) is 4.39 Å². The van der Waals surface area contributed by atoms with Gasteiger partial charge in [0.25, 0.3) is 0 Å². The lowest BCUT2D eigenvalue weighted by Gasteiger charge is -2.29. The van der Waals surface area contributed by atoms with E-state index in [1.807, 2.05) is 6.07 Å². The van der Waals surface area contributed by atoms with Crippen LogP contribution in [0.4, 0.5) is 4.39 Å². The van der Waals surface area contributed by atoms with Crippen LogP contribution in [0.2, 0.25) is 0 Å². The molecule has 30 heavy (non-hydrogen) atoms. The fourth-order valence-corrected chi connectivity index (χ4v) is 4.57. The average molecular weight is 415 g/mol. The van der Waals surface area contributed by atoms with Crippen molar-refractivity contribution in [1.29, 1.82) is 0 Å². The quantitative estimate of drug-likeness (QED) is 0.732. The maximum Gasteiger partial charge on any atom is 0.224 e. The number of rotatable bonds is 7. The van der Waals surface area contributed by atoms with E-state index in [0.717, 1.165) is 48.7 Å². The number of nitrogens with zero attached hydrogens (tertiary/aromatic N) is 2. The molecule has 0 radical (unpaired) electrons. The molecule has 1 aliphatic carbocycles. The Morgan fingerprint density at radius 2 is 1.97 bits per heavy atom. The number of hydrogen-bond acceptors (Lipinski definition) is 3. The van der Waals surface area contributed by atoms with E-state index in [2.05, 4.69) is 22.2 Å². The molecule has 6 nitrogen and oxygen atoms in total. The largest absolute Gasteiger partial charge is 0.357 e. The Morgan fingerprint density at radius 3 is 2.70 bits per heavy atom. The van der Waals surface area contributed by atoms with Gasteiger partial charge in [-0.15, -0.1) is 0 Å². The number of aromatic nitrogens is 1. The van der Waals surface area contributed by atoms with E-state index >= 15 is 0 Å². The summed E-state index contributed by atoms with van der Waals surface area (Å²) in [7, 11) is 3.86. The Balaban J connectivity index is 1.26. The topological polar surface area (TPSA) is 68.4 Å². The summed E-state index contributed by atoms with van der Waals surface area (Å²) in [4.78, 5) is 32.1. The summed E-state index contributed by atoms with van der Waals surface area (Å²) >= 11 is 0. The number of amides is 2.